The lowest BCUT2D eigenvalue weighted by Crippen LogP contribution is -2.57. The fraction of sp³-hybridized carbons (Fsp3) is 0.857. The van der Waals surface area contributed by atoms with Crippen molar-refractivity contribution in [2.75, 3.05) is 6.61 Å². The summed E-state index contributed by atoms with van der Waals surface area (Å²) in [7, 11) is 0. The lowest BCUT2D eigenvalue weighted by atomic mass is 9.75. The maximum Gasteiger partial charge on any atom is 0.329 e. The van der Waals surface area contributed by atoms with Crippen molar-refractivity contribution in [2.24, 2.45) is 5.92 Å². The summed E-state index contributed by atoms with van der Waals surface area (Å²) in [6, 6.07) is 0. The van der Waals surface area contributed by atoms with E-state index in [1.54, 1.807) is 0 Å². The molecule has 0 bridgehead atoms. The summed E-state index contributed by atoms with van der Waals surface area (Å²) in [6.07, 6.45) is 3.76. The van der Waals surface area contributed by atoms with E-state index in [0.29, 0.717) is 18.8 Å². The highest BCUT2D eigenvalue weighted by Gasteiger charge is 2.42. The number of amides is 1. The second-order valence-corrected chi connectivity index (χ2v) is 5.65. The molecule has 0 saturated heterocycles. The van der Waals surface area contributed by atoms with E-state index in [2.05, 4.69) is 12.2 Å². The Balaban J connectivity index is 2.58. The van der Waals surface area contributed by atoms with E-state index in [1.807, 2.05) is 13.8 Å². The highest BCUT2D eigenvalue weighted by Crippen LogP contribution is 2.33. The van der Waals surface area contributed by atoms with Crippen molar-refractivity contribution in [2.45, 2.75) is 64.5 Å². The Hall–Kier alpha value is -1.10. The normalized spacial score (nSPS) is 27.3. The first-order valence-corrected chi connectivity index (χ1v) is 7.05. The van der Waals surface area contributed by atoms with Crippen LogP contribution in [0.5, 0.6) is 0 Å². The fourth-order valence-corrected chi connectivity index (χ4v) is 2.52. The molecule has 5 nitrogen and oxygen atoms in total. The molecule has 0 aromatic rings. The molecular weight excluding hydrogens is 246 g/mol. The second kappa shape index (κ2) is 6.89. The van der Waals surface area contributed by atoms with Gasteiger partial charge >= 0.3 is 5.97 Å². The Morgan fingerprint density at radius 1 is 1.37 bits per heavy atom. The molecular formula is C14H25NO4. The van der Waals surface area contributed by atoms with Crippen LogP contribution < -0.4 is 5.32 Å². The molecule has 19 heavy (non-hydrogen) atoms. The lowest BCUT2D eigenvalue weighted by molar-refractivity contribution is -0.150. The molecule has 110 valence electrons. The Bertz CT molecular complexity index is 319. The van der Waals surface area contributed by atoms with Crippen LogP contribution in [0.2, 0.25) is 0 Å². The van der Waals surface area contributed by atoms with Gasteiger partial charge in [-0.3, -0.25) is 4.79 Å². The van der Waals surface area contributed by atoms with Gasteiger partial charge in [-0.25, -0.2) is 4.79 Å². The average molecular weight is 271 g/mol. The summed E-state index contributed by atoms with van der Waals surface area (Å²) in [5.74, 6) is -0.692. The van der Waals surface area contributed by atoms with Crippen molar-refractivity contribution in [3.05, 3.63) is 0 Å². The van der Waals surface area contributed by atoms with Crippen molar-refractivity contribution in [1.82, 2.24) is 5.32 Å². The smallest absolute Gasteiger partial charge is 0.329 e. The minimum absolute atomic E-state index is 0.0395. The topological polar surface area (TPSA) is 75.6 Å². The Kier molecular flexibility index (Phi) is 5.79. The molecule has 1 fully saturated rings. The first-order valence-electron chi connectivity index (χ1n) is 7.05. The number of carbonyl (C=O) groups excluding carboxylic acids is 1. The number of nitrogens with one attached hydrogen (secondary N) is 1. The summed E-state index contributed by atoms with van der Waals surface area (Å²) in [4.78, 5) is 23.3. The standard InChI is InChI=1S/C14H25NO4/c1-4-11-5-7-14(8-6-11,13(17)18)15-12(16)9-19-10(2)3/h10-11H,4-9H2,1-3H3,(H,15,16)(H,17,18). The van der Waals surface area contributed by atoms with Gasteiger partial charge in [-0.2, -0.15) is 0 Å². The average Bonchev–Trinajstić information content (AvgIpc) is 2.37. The zero-order valence-corrected chi connectivity index (χ0v) is 12.1. The molecule has 1 amide bonds. The van der Waals surface area contributed by atoms with Crippen LogP contribution in [0, 0.1) is 5.92 Å². The number of ether oxygens (including phenoxy) is 1. The van der Waals surface area contributed by atoms with Gasteiger partial charge in [0.2, 0.25) is 5.91 Å². The van der Waals surface area contributed by atoms with Crippen molar-refractivity contribution in [3.8, 4) is 0 Å². The largest absolute Gasteiger partial charge is 0.480 e. The van der Waals surface area contributed by atoms with Crippen LogP contribution in [-0.2, 0) is 14.3 Å². The third-order valence-electron chi connectivity index (χ3n) is 3.87. The van der Waals surface area contributed by atoms with E-state index in [9.17, 15) is 14.7 Å². The maximum absolute atomic E-state index is 11.8. The monoisotopic (exact) mass is 271 g/mol. The van der Waals surface area contributed by atoms with Gasteiger partial charge in [0.1, 0.15) is 12.1 Å². The van der Waals surface area contributed by atoms with Crippen molar-refractivity contribution in [3.63, 3.8) is 0 Å². The van der Waals surface area contributed by atoms with Crippen LogP contribution >= 0.6 is 0 Å². The molecule has 0 spiro atoms. The van der Waals surface area contributed by atoms with E-state index < -0.39 is 11.5 Å². The van der Waals surface area contributed by atoms with Crippen molar-refractivity contribution >= 4 is 11.9 Å². The van der Waals surface area contributed by atoms with Crippen LogP contribution in [-0.4, -0.2) is 35.2 Å². The Labute approximate surface area is 114 Å². The van der Waals surface area contributed by atoms with Gasteiger partial charge in [-0.15, -0.1) is 0 Å². The van der Waals surface area contributed by atoms with Crippen LogP contribution in [0.1, 0.15) is 52.9 Å². The van der Waals surface area contributed by atoms with E-state index in [-0.39, 0.29) is 18.6 Å². The van der Waals surface area contributed by atoms with Crippen LogP contribution in [0.4, 0.5) is 0 Å². The number of carboxylic acid groups (broad SMARTS) is 1. The van der Waals surface area contributed by atoms with Gasteiger partial charge < -0.3 is 15.2 Å². The highest BCUT2D eigenvalue weighted by atomic mass is 16.5. The van der Waals surface area contributed by atoms with Gasteiger partial charge in [-0.1, -0.05) is 13.3 Å². The molecule has 1 aliphatic carbocycles. The molecule has 0 radical (unpaired) electrons. The zero-order valence-electron chi connectivity index (χ0n) is 12.1. The molecule has 2 N–H and O–H groups in total. The highest BCUT2D eigenvalue weighted by molar-refractivity contribution is 5.87. The van der Waals surface area contributed by atoms with Crippen LogP contribution in [0.15, 0.2) is 0 Å². The lowest BCUT2D eigenvalue weighted by Gasteiger charge is -2.37. The predicted molar refractivity (Wildman–Crippen MR) is 71.8 cm³/mol. The first-order chi connectivity index (χ1) is 8.89. The van der Waals surface area contributed by atoms with E-state index in [4.69, 9.17) is 4.74 Å². The number of carbonyl (C=O) groups is 2. The van der Waals surface area contributed by atoms with Gasteiger partial charge in [0.15, 0.2) is 0 Å². The summed E-state index contributed by atoms with van der Waals surface area (Å²) in [5, 5.41) is 12.1. The number of hydrogen-bond donors (Lipinski definition) is 2. The van der Waals surface area contributed by atoms with Gasteiger partial charge in [0.05, 0.1) is 6.10 Å². The quantitative estimate of drug-likeness (QED) is 0.774. The SMILES string of the molecule is CCC1CCC(NC(=O)COC(C)C)(C(=O)O)CC1. The molecule has 0 unspecified atom stereocenters. The van der Waals surface area contributed by atoms with Gasteiger partial charge in [0, 0.05) is 0 Å². The summed E-state index contributed by atoms with van der Waals surface area (Å²) in [6.45, 7) is 5.72. The van der Waals surface area contributed by atoms with Crippen molar-refractivity contribution < 1.29 is 19.4 Å². The number of rotatable bonds is 6. The molecule has 0 aliphatic heterocycles. The first kappa shape index (κ1) is 16.0. The van der Waals surface area contributed by atoms with Gasteiger partial charge in [0.25, 0.3) is 0 Å². The molecule has 1 saturated carbocycles. The van der Waals surface area contributed by atoms with E-state index in [0.717, 1.165) is 19.3 Å². The molecule has 0 atom stereocenters. The molecule has 1 aliphatic rings. The molecule has 1 rings (SSSR count). The van der Waals surface area contributed by atoms with Crippen LogP contribution in [0.25, 0.3) is 0 Å². The number of carboxylic acids is 1. The Morgan fingerprint density at radius 3 is 2.37 bits per heavy atom. The van der Waals surface area contributed by atoms with E-state index >= 15 is 0 Å². The maximum atomic E-state index is 11.8. The summed E-state index contributed by atoms with van der Waals surface area (Å²) >= 11 is 0. The minimum Gasteiger partial charge on any atom is -0.480 e. The third-order valence-corrected chi connectivity index (χ3v) is 3.87. The molecule has 0 aromatic heterocycles. The molecule has 0 aromatic carbocycles. The molecule has 0 heterocycles. The summed E-state index contributed by atoms with van der Waals surface area (Å²) in [5.41, 5.74) is -1.09. The second-order valence-electron chi connectivity index (χ2n) is 5.65. The molecule has 5 heteroatoms. The van der Waals surface area contributed by atoms with E-state index in [1.165, 1.54) is 0 Å². The minimum atomic E-state index is -1.09. The zero-order chi connectivity index (χ0) is 14.5. The fourth-order valence-electron chi connectivity index (χ4n) is 2.52. The van der Waals surface area contributed by atoms with Gasteiger partial charge in [-0.05, 0) is 45.4 Å². The number of aliphatic carboxylic acids is 1. The van der Waals surface area contributed by atoms with Crippen LogP contribution in [0.3, 0.4) is 0 Å². The number of hydrogen-bond acceptors (Lipinski definition) is 3. The Morgan fingerprint density at radius 2 is 1.95 bits per heavy atom. The predicted octanol–water partition coefficient (Wildman–Crippen LogP) is 1.95. The third kappa shape index (κ3) is 4.49. The summed E-state index contributed by atoms with van der Waals surface area (Å²) < 4.78 is 5.21. The van der Waals surface area contributed by atoms with Crippen molar-refractivity contribution in [1.29, 1.82) is 0 Å².